The minimum absolute atomic E-state index is 0.104. The number of rotatable bonds is 11. The summed E-state index contributed by atoms with van der Waals surface area (Å²) in [5, 5.41) is 4.20. The quantitative estimate of drug-likeness (QED) is 0.335. The number of thioether (sulfide) groups is 1. The average molecular weight is 467 g/mol. The first-order valence-electron chi connectivity index (χ1n) is 10.1. The van der Waals surface area contributed by atoms with Crippen molar-refractivity contribution in [2.75, 3.05) is 12.3 Å². The first kappa shape index (κ1) is 24.6. The molecular formula is C23H28Cl2N2O2S. The summed E-state index contributed by atoms with van der Waals surface area (Å²) in [6.45, 7) is 4.90. The van der Waals surface area contributed by atoms with E-state index in [1.165, 1.54) is 11.8 Å². The van der Waals surface area contributed by atoms with Gasteiger partial charge in [0.25, 0.3) is 0 Å². The molecule has 2 rings (SSSR count). The Balaban J connectivity index is 2.17. The highest BCUT2D eigenvalue weighted by Gasteiger charge is 2.28. The lowest BCUT2D eigenvalue weighted by Crippen LogP contribution is -2.49. The first-order chi connectivity index (χ1) is 14.5. The Morgan fingerprint density at radius 1 is 1.07 bits per heavy atom. The molecule has 0 aliphatic carbocycles. The number of carbonyl (C=O) groups is 2. The van der Waals surface area contributed by atoms with Gasteiger partial charge in [0.1, 0.15) is 6.04 Å². The Labute approximate surface area is 193 Å². The van der Waals surface area contributed by atoms with Crippen LogP contribution in [-0.4, -0.2) is 35.1 Å². The summed E-state index contributed by atoms with van der Waals surface area (Å²) in [6.07, 6.45) is 2.43. The van der Waals surface area contributed by atoms with Gasteiger partial charge >= 0.3 is 0 Å². The van der Waals surface area contributed by atoms with Gasteiger partial charge in [0.05, 0.1) is 5.75 Å². The van der Waals surface area contributed by atoms with Crippen LogP contribution in [0.2, 0.25) is 10.0 Å². The highest BCUT2D eigenvalue weighted by molar-refractivity contribution is 8.00. The van der Waals surface area contributed by atoms with Gasteiger partial charge in [-0.1, -0.05) is 61.7 Å². The molecule has 162 valence electrons. The lowest BCUT2D eigenvalue weighted by Gasteiger charge is -2.31. The third kappa shape index (κ3) is 7.53. The maximum absolute atomic E-state index is 13.2. The minimum atomic E-state index is -0.545. The molecule has 0 aliphatic rings. The number of benzene rings is 2. The molecule has 2 amide bonds. The number of unbranched alkanes of at least 4 members (excludes halogenated alkanes) is 1. The van der Waals surface area contributed by atoms with Gasteiger partial charge in [-0.05, 0) is 48.7 Å². The molecule has 1 atom stereocenters. The normalized spacial score (nSPS) is 11.7. The highest BCUT2D eigenvalue weighted by atomic mass is 35.5. The summed E-state index contributed by atoms with van der Waals surface area (Å²) >= 11 is 13.7. The number of halogens is 2. The summed E-state index contributed by atoms with van der Waals surface area (Å²) in [5.74, 6) is 0.000349. The van der Waals surface area contributed by atoms with Gasteiger partial charge in [0, 0.05) is 28.0 Å². The molecule has 0 saturated heterocycles. The summed E-state index contributed by atoms with van der Waals surface area (Å²) in [5.41, 5.74) is 0.823. The molecule has 0 heterocycles. The van der Waals surface area contributed by atoms with E-state index in [0.717, 1.165) is 23.3 Å². The predicted octanol–water partition coefficient (Wildman–Crippen LogP) is 5.81. The molecule has 1 N–H and O–H groups in total. The van der Waals surface area contributed by atoms with E-state index in [4.69, 9.17) is 23.2 Å². The summed E-state index contributed by atoms with van der Waals surface area (Å²) < 4.78 is 0. The van der Waals surface area contributed by atoms with Gasteiger partial charge in [-0.15, -0.1) is 11.8 Å². The lowest BCUT2D eigenvalue weighted by molar-refractivity contribution is -0.139. The van der Waals surface area contributed by atoms with E-state index in [1.54, 1.807) is 23.1 Å². The van der Waals surface area contributed by atoms with Gasteiger partial charge in [-0.25, -0.2) is 0 Å². The fourth-order valence-electron chi connectivity index (χ4n) is 2.99. The van der Waals surface area contributed by atoms with Gasteiger partial charge < -0.3 is 10.2 Å². The summed E-state index contributed by atoms with van der Waals surface area (Å²) in [7, 11) is 0. The fourth-order valence-corrected chi connectivity index (χ4v) is 4.10. The van der Waals surface area contributed by atoms with Crippen LogP contribution in [0, 0.1) is 0 Å². The number of amides is 2. The van der Waals surface area contributed by atoms with Crippen molar-refractivity contribution in [3.05, 3.63) is 64.1 Å². The van der Waals surface area contributed by atoms with Gasteiger partial charge in [0.2, 0.25) is 11.8 Å². The molecule has 4 nitrogen and oxygen atoms in total. The number of carbonyl (C=O) groups excluding carboxylic acids is 2. The lowest BCUT2D eigenvalue weighted by atomic mass is 10.1. The second kappa shape index (κ2) is 12.9. The molecule has 0 aliphatic heterocycles. The Bertz CT molecular complexity index is 830. The largest absolute Gasteiger partial charge is 0.354 e. The van der Waals surface area contributed by atoms with E-state index in [-0.39, 0.29) is 17.6 Å². The molecule has 2 aromatic carbocycles. The standard InChI is InChI=1S/C23H28Cl2N2O2S/c1-3-5-14-26-23(29)21(4-2)27(15-17-8-6-7-9-20(17)25)22(28)16-30-19-12-10-18(24)11-13-19/h6-13,21H,3-5,14-16H2,1-2H3,(H,26,29). The Kier molecular flexibility index (Phi) is 10.6. The van der Waals surface area contributed by atoms with Crippen LogP contribution in [0.25, 0.3) is 0 Å². The van der Waals surface area contributed by atoms with Crippen molar-refractivity contribution in [3.8, 4) is 0 Å². The summed E-state index contributed by atoms with van der Waals surface area (Å²) in [6, 6.07) is 14.2. The smallest absolute Gasteiger partial charge is 0.242 e. The molecule has 0 aromatic heterocycles. The Morgan fingerprint density at radius 2 is 1.77 bits per heavy atom. The van der Waals surface area contributed by atoms with Crippen LogP contribution >= 0.6 is 35.0 Å². The molecule has 0 spiro atoms. The molecular weight excluding hydrogens is 439 g/mol. The van der Waals surface area contributed by atoms with Crippen molar-refractivity contribution in [2.24, 2.45) is 0 Å². The van der Waals surface area contributed by atoms with Crippen LogP contribution in [0.15, 0.2) is 53.4 Å². The molecule has 0 fully saturated rings. The third-order valence-corrected chi connectivity index (χ3v) is 6.31. The monoisotopic (exact) mass is 466 g/mol. The van der Waals surface area contributed by atoms with Crippen molar-refractivity contribution in [3.63, 3.8) is 0 Å². The number of nitrogens with one attached hydrogen (secondary N) is 1. The van der Waals surface area contributed by atoms with Crippen LogP contribution in [0.1, 0.15) is 38.7 Å². The van der Waals surface area contributed by atoms with Gasteiger partial charge in [-0.2, -0.15) is 0 Å². The van der Waals surface area contributed by atoms with Crippen LogP contribution in [0.5, 0.6) is 0 Å². The molecule has 7 heteroatoms. The number of hydrogen-bond donors (Lipinski definition) is 1. The molecule has 0 bridgehead atoms. The van der Waals surface area contributed by atoms with Crippen molar-refractivity contribution >= 4 is 46.8 Å². The van der Waals surface area contributed by atoms with E-state index in [1.807, 2.05) is 37.3 Å². The van der Waals surface area contributed by atoms with Crippen molar-refractivity contribution < 1.29 is 9.59 Å². The fraction of sp³-hybridized carbons (Fsp3) is 0.391. The second-order valence-corrected chi connectivity index (χ2v) is 8.82. The predicted molar refractivity (Wildman–Crippen MR) is 126 cm³/mol. The zero-order valence-corrected chi connectivity index (χ0v) is 19.7. The molecule has 2 aromatic rings. The second-order valence-electron chi connectivity index (χ2n) is 6.92. The van der Waals surface area contributed by atoms with E-state index < -0.39 is 6.04 Å². The van der Waals surface area contributed by atoms with Crippen molar-refractivity contribution in [2.45, 2.75) is 50.6 Å². The number of hydrogen-bond acceptors (Lipinski definition) is 3. The van der Waals surface area contributed by atoms with Crippen LogP contribution in [0.3, 0.4) is 0 Å². The third-order valence-electron chi connectivity index (χ3n) is 4.69. The van der Waals surface area contributed by atoms with Crippen LogP contribution in [-0.2, 0) is 16.1 Å². The molecule has 0 radical (unpaired) electrons. The van der Waals surface area contributed by atoms with Crippen molar-refractivity contribution in [1.82, 2.24) is 10.2 Å². The number of nitrogens with zero attached hydrogens (tertiary/aromatic N) is 1. The van der Waals surface area contributed by atoms with E-state index in [9.17, 15) is 9.59 Å². The van der Waals surface area contributed by atoms with Crippen LogP contribution in [0.4, 0.5) is 0 Å². The average Bonchev–Trinajstić information content (AvgIpc) is 2.74. The Morgan fingerprint density at radius 3 is 2.40 bits per heavy atom. The zero-order chi connectivity index (χ0) is 21.9. The maximum atomic E-state index is 13.2. The first-order valence-corrected chi connectivity index (χ1v) is 11.9. The van der Waals surface area contributed by atoms with Gasteiger partial charge in [0.15, 0.2) is 0 Å². The maximum Gasteiger partial charge on any atom is 0.242 e. The molecule has 0 saturated carbocycles. The van der Waals surface area contributed by atoms with Gasteiger partial charge in [-0.3, -0.25) is 9.59 Å². The molecule has 1 unspecified atom stereocenters. The zero-order valence-electron chi connectivity index (χ0n) is 17.4. The van der Waals surface area contributed by atoms with E-state index >= 15 is 0 Å². The minimum Gasteiger partial charge on any atom is -0.354 e. The van der Waals surface area contributed by atoms with E-state index in [2.05, 4.69) is 12.2 Å². The molecule has 30 heavy (non-hydrogen) atoms. The van der Waals surface area contributed by atoms with Crippen LogP contribution < -0.4 is 5.32 Å². The van der Waals surface area contributed by atoms with E-state index in [0.29, 0.717) is 29.6 Å². The highest BCUT2D eigenvalue weighted by Crippen LogP contribution is 2.24. The Hall–Kier alpha value is -1.69. The SMILES string of the molecule is CCCCNC(=O)C(CC)N(Cc1ccccc1Cl)C(=O)CSc1ccc(Cl)cc1. The van der Waals surface area contributed by atoms with Crippen molar-refractivity contribution in [1.29, 1.82) is 0 Å². The topological polar surface area (TPSA) is 49.4 Å². The summed E-state index contributed by atoms with van der Waals surface area (Å²) in [4.78, 5) is 28.6.